The summed E-state index contributed by atoms with van der Waals surface area (Å²) >= 11 is 6.41. The Bertz CT molecular complexity index is 744. The average Bonchev–Trinajstić information content (AvgIpc) is 2.64. The van der Waals surface area contributed by atoms with E-state index >= 15 is 0 Å². The third-order valence-electron chi connectivity index (χ3n) is 4.71. The van der Waals surface area contributed by atoms with Gasteiger partial charge in [0.05, 0.1) is 31.0 Å². The van der Waals surface area contributed by atoms with Crippen molar-refractivity contribution < 1.29 is 19.7 Å². The first kappa shape index (κ1) is 20.2. The van der Waals surface area contributed by atoms with Crippen molar-refractivity contribution in [3.8, 4) is 5.75 Å². The number of rotatable bonds is 6. The van der Waals surface area contributed by atoms with Crippen molar-refractivity contribution in [1.29, 1.82) is 0 Å². The fourth-order valence-corrected chi connectivity index (χ4v) is 3.62. The standard InChI is InChI=1S/C22H27ClO4/c1-14(2)26-19-6-3-15(4-7-19)9-17-10-16(5-8-21(17)23)22-12-18(25)11-20(13-24)27-22/h3-8,10,14,18,20,22,24-25H,9,11-13H2,1-2H3. The molecule has 3 atom stereocenters. The molecule has 0 aromatic heterocycles. The molecule has 0 saturated carbocycles. The first-order valence-electron chi connectivity index (χ1n) is 9.43. The summed E-state index contributed by atoms with van der Waals surface area (Å²) in [5.74, 6) is 0.855. The van der Waals surface area contributed by atoms with E-state index in [4.69, 9.17) is 21.1 Å². The largest absolute Gasteiger partial charge is 0.491 e. The van der Waals surface area contributed by atoms with Crippen LogP contribution in [0.2, 0.25) is 5.02 Å². The van der Waals surface area contributed by atoms with E-state index < -0.39 is 6.10 Å². The molecule has 2 aromatic rings. The van der Waals surface area contributed by atoms with Gasteiger partial charge in [-0.3, -0.25) is 0 Å². The lowest BCUT2D eigenvalue weighted by Gasteiger charge is -2.32. The van der Waals surface area contributed by atoms with Gasteiger partial charge < -0.3 is 19.7 Å². The maximum atomic E-state index is 10.1. The summed E-state index contributed by atoms with van der Waals surface area (Å²) < 4.78 is 11.6. The van der Waals surface area contributed by atoms with Gasteiger partial charge in [0.2, 0.25) is 0 Å². The lowest BCUT2D eigenvalue weighted by Crippen LogP contribution is -2.33. The summed E-state index contributed by atoms with van der Waals surface area (Å²) in [4.78, 5) is 0. The van der Waals surface area contributed by atoms with Crippen LogP contribution in [-0.2, 0) is 11.2 Å². The van der Waals surface area contributed by atoms with Crippen LogP contribution in [0.25, 0.3) is 0 Å². The fraction of sp³-hybridized carbons (Fsp3) is 0.455. The van der Waals surface area contributed by atoms with E-state index in [2.05, 4.69) is 0 Å². The molecule has 4 nitrogen and oxygen atoms in total. The molecular weight excluding hydrogens is 364 g/mol. The number of hydrogen-bond acceptors (Lipinski definition) is 4. The minimum absolute atomic E-state index is 0.0845. The third kappa shape index (κ3) is 5.45. The average molecular weight is 391 g/mol. The van der Waals surface area contributed by atoms with Crippen LogP contribution < -0.4 is 4.74 Å². The van der Waals surface area contributed by atoms with E-state index in [-0.39, 0.29) is 24.9 Å². The Hall–Kier alpha value is -1.59. The smallest absolute Gasteiger partial charge is 0.119 e. The second kappa shape index (κ2) is 9.07. The molecule has 146 valence electrons. The minimum Gasteiger partial charge on any atom is -0.491 e. The maximum absolute atomic E-state index is 10.1. The number of hydrogen-bond donors (Lipinski definition) is 2. The molecule has 0 spiro atoms. The molecule has 0 aliphatic carbocycles. The number of ether oxygens (including phenoxy) is 2. The SMILES string of the molecule is CC(C)Oc1ccc(Cc2cc(C3CC(O)CC(CO)O3)ccc2Cl)cc1. The zero-order chi connectivity index (χ0) is 19.4. The predicted molar refractivity (Wildman–Crippen MR) is 106 cm³/mol. The Kier molecular flexibility index (Phi) is 6.77. The van der Waals surface area contributed by atoms with Gasteiger partial charge in [-0.25, -0.2) is 0 Å². The number of halogens is 1. The van der Waals surface area contributed by atoms with E-state index in [1.165, 1.54) is 0 Å². The van der Waals surface area contributed by atoms with E-state index in [0.717, 1.165) is 22.4 Å². The lowest BCUT2D eigenvalue weighted by atomic mass is 9.94. The molecule has 0 amide bonds. The molecule has 2 N–H and O–H groups in total. The van der Waals surface area contributed by atoms with Gasteiger partial charge in [0.15, 0.2) is 0 Å². The highest BCUT2D eigenvalue weighted by molar-refractivity contribution is 6.31. The topological polar surface area (TPSA) is 58.9 Å². The van der Waals surface area contributed by atoms with E-state index in [9.17, 15) is 10.2 Å². The first-order valence-corrected chi connectivity index (χ1v) is 9.80. The van der Waals surface area contributed by atoms with Gasteiger partial charge in [-0.15, -0.1) is 0 Å². The zero-order valence-electron chi connectivity index (χ0n) is 15.8. The molecule has 3 rings (SSSR count). The molecule has 1 heterocycles. The van der Waals surface area contributed by atoms with Crippen molar-refractivity contribution >= 4 is 11.6 Å². The van der Waals surface area contributed by atoms with E-state index in [1.807, 2.05) is 56.3 Å². The molecule has 3 unspecified atom stereocenters. The quantitative estimate of drug-likeness (QED) is 0.772. The van der Waals surface area contributed by atoms with Crippen molar-refractivity contribution in [1.82, 2.24) is 0 Å². The van der Waals surface area contributed by atoms with Crippen molar-refractivity contribution in [2.75, 3.05) is 6.61 Å². The van der Waals surface area contributed by atoms with Crippen LogP contribution in [0.3, 0.4) is 0 Å². The Balaban J connectivity index is 1.75. The number of aliphatic hydroxyl groups is 2. The molecule has 1 fully saturated rings. The fourth-order valence-electron chi connectivity index (χ4n) is 3.43. The molecule has 27 heavy (non-hydrogen) atoms. The second-order valence-electron chi connectivity index (χ2n) is 7.39. The highest BCUT2D eigenvalue weighted by Gasteiger charge is 2.29. The molecule has 0 radical (unpaired) electrons. The first-order chi connectivity index (χ1) is 12.9. The molecule has 1 aliphatic rings. The molecule has 5 heteroatoms. The Labute approximate surface area is 165 Å². The van der Waals surface area contributed by atoms with Gasteiger partial charge in [-0.1, -0.05) is 35.9 Å². The molecule has 2 aromatic carbocycles. The molecule has 1 aliphatic heterocycles. The number of aliphatic hydroxyl groups excluding tert-OH is 2. The highest BCUT2D eigenvalue weighted by atomic mass is 35.5. The molecular formula is C22H27ClO4. The minimum atomic E-state index is -0.464. The van der Waals surface area contributed by atoms with Crippen LogP contribution in [-0.4, -0.2) is 35.1 Å². The van der Waals surface area contributed by atoms with Gasteiger partial charge in [-0.2, -0.15) is 0 Å². The van der Waals surface area contributed by atoms with Gasteiger partial charge in [-0.05, 0) is 55.2 Å². The van der Waals surface area contributed by atoms with Gasteiger partial charge in [0, 0.05) is 17.9 Å². The highest BCUT2D eigenvalue weighted by Crippen LogP contribution is 2.33. The van der Waals surface area contributed by atoms with Crippen LogP contribution in [0.4, 0.5) is 0 Å². The molecule has 1 saturated heterocycles. The predicted octanol–water partition coefficient (Wildman–Crippen LogP) is 4.29. The van der Waals surface area contributed by atoms with E-state index in [0.29, 0.717) is 24.3 Å². The summed E-state index contributed by atoms with van der Waals surface area (Å²) in [7, 11) is 0. The summed E-state index contributed by atoms with van der Waals surface area (Å²) in [5, 5.41) is 20.1. The summed E-state index contributed by atoms with van der Waals surface area (Å²) in [6.45, 7) is 3.93. The van der Waals surface area contributed by atoms with Crippen LogP contribution in [0, 0.1) is 0 Å². The Morgan fingerprint density at radius 1 is 1.15 bits per heavy atom. The second-order valence-corrected chi connectivity index (χ2v) is 7.80. The molecule has 0 bridgehead atoms. The summed E-state index contributed by atoms with van der Waals surface area (Å²) in [5.41, 5.74) is 3.13. The van der Waals surface area contributed by atoms with Gasteiger partial charge in [0.1, 0.15) is 5.75 Å². The zero-order valence-corrected chi connectivity index (χ0v) is 16.5. The summed E-state index contributed by atoms with van der Waals surface area (Å²) in [6, 6.07) is 13.9. The van der Waals surface area contributed by atoms with Crippen LogP contribution in [0.15, 0.2) is 42.5 Å². The van der Waals surface area contributed by atoms with Crippen LogP contribution in [0.5, 0.6) is 5.75 Å². The summed E-state index contributed by atoms with van der Waals surface area (Å²) in [6.07, 6.45) is 0.823. The van der Waals surface area contributed by atoms with Crippen LogP contribution in [0.1, 0.15) is 49.5 Å². The third-order valence-corrected chi connectivity index (χ3v) is 5.08. The Morgan fingerprint density at radius 3 is 2.56 bits per heavy atom. The monoisotopic (exact) mass is 390 g/mol. The van der Waals surface area contributed by atoms with Crippen LogP contribution >= 0.6 is 11.6 Å². The van der Waals surface area contributed by atoms with Crippen molar-refractivity contribution in [2.45, 2.75) is 57.5 Å². The van der Waals surface area contributed by atoms with Gasteiger partial charge in [0.25, 0.3) is 0 Å². The van der Waals surface area contributed by atoms with E-state index in [1.54, 1.807) is 0 Å². The lowest BCUT2D eigenvalue weighted by molar-refractivity contribution is -0.113. The Morgan fingerprint density at radius 2 is 1.89 bits per heavy atom. The van der Waals surface area contributed by atoms with Crippen molar-refractivity contribution in [2.24, 2.45) is 0 Å². The normalized spacial score (nSPS) is 22.8. The maximum Gasteiger partial charge on any atom is 0.119 e. The number of benzene rings is 2. The van der Waals surface area contributed by atoms with Crippen molar-refractivity contribution in [3.63, 3.8) is 0 Å². The van der Waals surface area contributed by atoms with Gasteiger partial charge >= 0.3 is 0 Å². The van der Waals surface area contributed by atoms with Crippen molar-refractivity contribution in [3.05, 3.63) is 64.2 Å².